The lowest BCUT2D eigenvalue weighted by Gasteiger charge is -2.26. The van der Waals surface area contributed by atoms with Gasteiger partial charge in [-0.3, -0.25) is 0 Å². The molecule has 6 rings (SSSR count). The Hall–Kier alpha value is -5.35. The zero-order valence-corrected chi connectivity index (χ0v) is 25.6. The molecule has 0 amide bonds. The Morgan fingerprint density at radius 1 is 0.523 bits per heavy atom. The summed E-state index contributed by atoms with van der Waals surface area (Å²) >= 11 is 0. The minimum atomic E-state index is -1.16. The van der Waals surface area contributed by atoms with Crippen LogP contribution in [0.25, 0.3) is 11.1 Å². The number of anilines is 2. The smallest absolute Gasteiger partial charge is 0.340 e. The topological polar surface area (TPSA) is 32.8 Å². The summed E-state index contributed by atoms with van der Waals surface area (Å²) < 4.78 is 6.48. The zero-order valence-electron chi connectivity index (χ0n) is 25.6. The molecule has 1 aliphatic rings. The van der Waals surface area contributed by atoms with E-state index in [1.165, 1.54) is 0 Å². The maximum atomic E-state index is 13.5. The fourth-order valence-electron chi connectivity index (χ4n) is 5.73. The second-order valence-electron chi connectivity index (χ2n) is 11.5. The number of esters is 1. The lowest BCUT2D eigenvalue weighted by atomic mass is 9.83. The lowest BCUT2D eigenvalue weighted by molar-refractivity contribution is 0.0299. The van der Waals surface area contributed by atoms with Crippen molar-refractivity contribution < 1.29 is 9.53 Å². The molecule has 1 aliphatic heterocycles. The molecule has 5 aromatic rings. The van der Waals surface area contributed by atoms with Gasteiger partial charge in [-0.05, 0) is 75.9 Å². The molecule has 4 heteroatoms. The average Bonchev–Trinajstić information content (AvgIpc) is 3.34. The minimum absolute atomic E-state index is 0.334. The van der Waals surface area contributed by atoms with Gasteiger partial charge in [0.05, 0.1) is 5.56 Å². The summed E-state index contributed by atoms with van der Waals surface area (Å²) in [5, 5.41) is 0. The summed E-state index contributed by atoms with van der Waals surface area (Å²) in [5.74, 6) is -0.334. The molecule has 0 spiro atoms. The van der Waals surface area contributed by atoms with E-state index in [2.05, 4.69) is 94.7 Å². The lowest BCUT2D eigenvalue weighted by Crippen LogP contribution is -2.22. The van der Waals surface area contributed by atoms with E-state index in [1.807, 2.05) is 88.9 Å². The van der Waals surface area contributed by atoms with Crippen LogP contribution in [0.1, 0.15) is 38.2 Å². The third kappa shape index (κ3) is 5.67. The highest BCUT2D eigenvalue weighted by Crippen LogP contribution is 2.44. The molecule has 218 valence electrons. The van der Waals surface area contributed by atoms with Crippen molar-refractivity contribution in [1.82, 2.24) is 0 Å². The highest BCUT2D eigenvalue weighted by atomic mass is 16.6. The molecule has 0 atom stereocenters. The van der Waals surface area contributed by atoms with Crippen molar-refractivity contribution in [2.24, 2.45) is 0 Å². The number of hydrogen-bond donors (Lipinski definition) is 0. The maximum absolute atomic E-state index is 13.5. The molecule has 0 aromatic heterocycles. The molecule has 0 aliphatic carbocycles. The van der Waals surface area contributed by atoms with Gasteiger partial charge in [-0.25, -0.2) is 4.79 Å². The molecule has 4 nitrogen and oxygen atoms in total. The third-order valence-corrected chi connectivity index (χ3v) is 8.11. The monoisotopic (exact) mass is 576 g/mol. The van der Waals surface area contributed by atoms with E-state index in [0.717, 1.165) is 50.3 Å². The standard InChI is InChI=1S/C40H36N2O2/c1-41(2)33-23-19-31(20-24-33)36(29-13-7-5-8-14-29)27-40(38-18-12-11-17-35(38)39(43)44-40)28-37(30-15-9-6-10-16-30)32-21-25-34(26-22-32)42(3)4/h5-28H,1-4H3. The molecule has 1 heterocycles. The van der Waals surface area contributed by atoms with Crippen LogP contribution in [0.2, 0.25) is 0 Å². The van der Waals surface area contributed by atoms with Gasteiger partial charge in [-0.2, -0.15) is 0 Å². The predicted molar refractivity (Wildman–Crippen MR) is 182 cm³/mol. The molecule has 0 N–H and O–H groups in total. The van der Waals surface area contributed by atoms with Gasteiger partial charge >= 0.3 is 5.97 Å². The van der Waals surface area contributed by atoms with Gasteiger partial charge in [0.25, 0.3) is 0 Å². The first kappa shape index (κ1) is 28.8. The fourth-order valence-corrected chi connectivity index (χ4v) is 5.73. The highest BCUT2D eigenvalue weighted by molar-refractivity contribution is 5.97. The van der Waals surface area contributed by atoms with Crippen LogP contribution >= 0.6 is 0 Å². The number of carbonyl (C=O) groups is 1. The summed E-state index contributed by atoms with van der Waals surface area (Å²) in [6, 6.07) is 45.3. The Labute approximate surface area is 260 Å². The first-order valence-electron chi connectivity index (χ1n) is 14.8. The Kier molecular flexibility index (Phi) is 7.91. The van der Waals surface area contributed by atoms with E-state index in [9.17, 15) is 4.79 Å². The minimum Gasteiger partial charge on any atom is -0.442 e. The first-order valence-corrected chi connectivity index (χ1v) is 14.8. The quantitative estimate of drug-likeness (QED) is 0.174. The largest absolute Gasteiger partial charge is 0.442 e. The summed E-state index contributed by atoms with van der Waals surface area (Å²) in [4.78, 5) is 17.7. The van der Waals surface area contributed by atoms with Crippen molar-refractivity contribution in [2.75, 3.05) is 38.0 Å². The van der Waals surface area contributed by atoms with Crippen molar-refractivity contribution >= 4 is 28.5 Å². The van der Waals surface area contributed by atoms with Gasteiger partial charge in [-0.1, -0.05) is 103 Å². The molecule has 0 saturated carbocycles. The summed E-state index contributed by atoms with van der Waals surface area (Å²) in [7, 11) is 8.14. The molecule has 0 unspecified atom stereocenters. The van der Waals surface area contributed by atoms with E-state index in [-0.39, 0.29) is 5.97 Å². The normalized spacial score (nSPS) is 16.3. The fraction of sp³-hybridized carbons (Fsp3) is 0.125. The van der Waals surface area contributed by atoms with Gasteiger partial charge in [0.1, 0.15) is 0 Å². The van der Waals surface area contributed by atoms with Crippen molar-refractivity contribution in [2.45, 2.75) is 5.60 Å². The number of cyclic esters (lactones) is 1. The Bertz CT molecular complexity index is 1710. The van der Waals surface area contributed by atoms with E-state index < -0.39 is 5.60 Å². The van der Waals surface area contributed by atoms with Crippen LogP contribution in [-0.2, 0) is 10.3 Å². The highest BCUT2D eigenvalue weighted by Gasteiger charge is 2.43. The SMILES string of the molecule is CN(C)c1ccc(C(=CC2(C=C(c3ccccc3)c3ccc(N(C)C)cc3)OC(=O)c3ccccc32)c2ccccc2)cc1. The second-order valence-corrected chi connectivity index (χ2v) is 11.5. The molecule has 0 saturated heterocycles. The van der Waals surface area contributed by atoms with Crippen LogP contribution in [0, 0.1) is 0 Å². The van der Waals surface area contributed by atoms with Crippen molar-refractivity contribution in [1.29, 1.82) is 0 Å². The van der Waals surface area contributed by atoms with Crippen LogP contribution in [0.4, 0.5) is 11.4 Å². The van der Waals surface area contributed by atoms with E-state index in [4.69, 9.17) is 4.74 Å². The number of carbonyl (C=O) groups excluding carboxylic acids is 1. The molecule has 44 heavy (non-hydrogen) atoms. The van der Waals surface area contributed by atoms with Crippen molar-refractivity contribution in [3.63, 3.8) is 0 Å². The molecule has 0 bridgehead atoms. The maximum Gasteiger partial charge on any atom is 0.340 e. The Balaban J connectivity index is 1.64. The zero-order chi connectivity index (χ0) is 30.7. The molecule has 5 aromatic carbocycles. The number of ether oxygens (including phenoxy) is 1. The van der Waals surface area contributed by atoms with Gasteiger partial charge in [-0.15, -0.1) is 0 Å². The molecular formula is C40H36N2O2. The number of benzene rings is 5. The molecule has 0 fully saturated rings. The summed E-state index contributed by atoms with van der Waals surface area (Å²) in [6.45, 7) is 0. The van der Waals surface area contributed by atoms with E-state index in [0.29, 0.717) is 5.56 Å². The van der Waals surface area contributed by atoms with Crippen molar-refractivity contribution in [3.05, 3.63) is 179 Å². The van der Waals surface area contributed by atoms with E-state index in [1.54, 1.807) is 0 Å². The summed E-state index contributed by atoms with van der Waals surface area (Å²) in [6.07, 6.45) is 4.24. The van der Waals surface area contributed by atoms with Crippen molar-refractivity contribution in [3.8, 4) is 0 Å². The van der Waals surface area contributed by atoms with Gasteiger partial charge in [0.15, 0.2) is 5.60 Å². The van der Waals surface area contributed by atoms with Crippen LogP contribution in [0.15, 0.2) is 146 Å². The van der Waals surface area contributed by atoms with Crippen LogP contribution < -0.4 is 9.80 Å². The summed E-state index contributed by atoms with van der Waals surface area (Å²) in [5.41, 5.74) is 8.56. The van der Waals surface area contributed by atoms with Gasteiger partial charge in [0, 0.05) is 45.1 Å². The number of nitrogens with zero attached hydrogens (tertiary/aromatic N) is 2. The van der Waals surface area contributed by atoms with Gasteiger partial charge in [0.2, 0.25) is 0 Å². The predicted octanol–water partition coefficient (Wildman–Crippen LogP) is 8.45. The Morgan fingerprint density at radius 3 is 1.34 bits per heavy atom. The molecular weight excluding hydrogens is 540 g/mol. The van der Waals surface area contributed by atoms with Crippen LogP contribution in [0.3, 0.4) is 0 Å². The van der Waals surface area contributed by atoms with Gasteiger partial charge < -0.3 is 14.5 Å². The number of fused-ring (bicyclic) bond motifs is 1. The number of rotatable bonds is 8. The number of hydrogen-bond acceptors (Lipinski definition) is 4. The molecule has 0 radical (unpaired) electrons. The average molecular weight is 577 g/mol. The second kappa shape index (κ2) is 12.1. The Morgan fingerprint density at radius 2 is 0.909 bits per heavy atom. The van der Waals surface area contributed by atoms with Crippen LogP contribution in [0.5, 0.6) is 0 Å². The van der Waals surface area contributed by atoms with Crippen LogP contribution in [-0.4, -0.2) is 34.2 Å². The third-order valence-electron chi connectivity index (χ3n) is 8.11. The first-order chi connectivity index (χ1) is 21.3. The van der Waals surface area contributed by atoms with E-state index >= 15 is 0 Å².